The van der Waals surface area contributed by atoms with Crippen molar-refractivity contribution in [2.24, 2.45) is 5.73 Å². The summed E-state index contributed by atoms with van der Waals surface area (Å²) in [5.74, 6) is 0. The van der Waals surface area contributed by atoms with E-state index in [2.05, 4.69) is 34.2 Å². The molecule has 0 fully saturated rings. The molecule has 2 heterocycles. The highest BCUT2D eigenvalue weighted by Crippen LogP contribution is 2.27. The van der Waals surface area contributed by atoms with Gasteiger partial charge < -0.3 is 10.7 Å². The molecule has 2 aromatic heterocycles. The molecule has 0 aliphatic rings. The van der Waals surface area contributed by atoms with E-state index in [0.29, 0.717) is 6.54 Å². The molecule has 0 saturated carbocycles. The van der Waals surface area contributed by atoms with Crippen molar-refractivity contribution in [3.8, 4) is 0 Å². The van der Waals surface area contributed by atoms with Crippen LogP contribution in [0.1, 0.15) is 11.4 Å². The average Bonchev–Trinajstić information content (AvgIpc) is 2.69. The number of fused-ring (bicyclic) bond motifs is 3. The second-order valence-electron chi connectivity index (χ2n) is 4.34. The van der Waals surface area contributed by atoms with E-state index in [1.54, 1.807) is 0 Å². The first kappa shape index (κ1) is 10.3. The fourth-order valence-corrected chi connectivity index (χ4v) is 2.37. The molecule has 3 N–H and O–H groups in total. The van der Waals surface area contributed by atoms with Crippen LogP contribution in [0.2, 0.25) is 0 Å². The maximum Gasteiger partial charge on any atom is 0.0684 e. The van der Waals surface area contributed by atoms with E-state index >= 15 is 0 Å². The maximum absolute atomic E-state index is 5.64. The Morgan fingerprint density at radius 1 is 1.24 bits per heavy atom. The van der Waals surface area contributed by atoms with Crippen molar-refractivity contribution >= 4 is 21.8 Å². The Labute approximate surface area is 99.7 Å². The molecule has 0 bridgehead atoms. The van der Waals surface area contributed by atoms with Crippen LogP contribution in [-0.4, -0.2) is 16.5 Å². The Balaban J connectivity index is 2.42. The summed E-state index contributed by atoms with van der Waals surface area (Å²) in [5.41, 5.74) is 10.0. The second-order valence-corrected chi connectivity index (χ2v) is 4.34. The molecule has 0 spiro atoms. The normalized spacial score (nSPS) is 11.4. The highest BCUT2D eigenvalue weighted by molar-refractivity contribution is 6.07. The number of nitrogens with two attached hydrogens (primary N) is 1. The van der Waals surface area contributed by atoms with Crippen LogP contribution in [0.3, 0.4) is 0 Å². The van der Waals surface area contributed by atoms with Gasteiger partial charge in [0, 0.05) is 28.4 Å². The van der Waals surface area contributed by atoms with Gasteiger partial charge in [0.1, 0.15) is 0 Å². The second kappa shape index (κ2) is 3.86. The molecule has 0 amide bonds. The van der Waals surface area contributed by atoms with E-state index in [1.165, 1.54) is 10.8 Å². The number of pyridine rings is 1. The molecule has 3 rings (SSSR count). The molecule has 3 nitrogen and oxygen atoms in total. The Kier molecular flexibility index (Phi) is 2.34. The molecule has 3 heteroatoms. The van der Waals surface area contributed by atoms with Crippen molar-refractivity contribution in [2.75, 3.05) is 6.54 Å². The van der Waals surface area contributed by atoms with Gasteiger partial charge in [0.25, 0.3) is 0 Å². The highest BCUT2D eigenvalue weighted by Gasteiger charge is 2.09. The van der Waals surface area contributed by atoms with E-state index < -0.39 is 0 Å². The number of aromatic amines is 1. The number of hydrogen-bond donors (Lipinski definition) is 2. The van der Waals surface area contributed by atoms with Gasteiger partial charge in [0.05, 0.1) is 11.2 Å². The third-order valence-electron chi connectivity index (χ3n) is 3.08. The van der Waals surface area contributed by atoms with Crippen LogP contribution < -0.4 is 5.73 Å². The lowest BCUT2D eigenvalue weighted by Crippen LogP contribution is -2.05. The summed E-state index contributed by atoms with van der Waals surface area (Å²) >= 11 is 0. The number of aromatic nitrogens is 2. The lowest BCUT2D eigenvalue weighted by Gasteiger charge is -2.02. The van der Waals surface area contributed by atoms with E-state index in [1.807, 2.05) is 13.0 Å². The Morgan fingerprint density at radius 3 is 2.88 bits per heavy atom. The number of nitrogens with zero attached hydrogens (tertiary/aromatic N) is 1. The molecule has 17 heavy (non-hydrogen) atoms. The molecule has 0 radical (unpaired) electrons. The average molecular weight is 225 g/mol. The van der Waals surface area contributed by atoms with E-state index in [0.717, 1.165) is 28.8 Å². The number of hydrogen-bond acceptors (Lipinski definition) is 2. The molecule has 1 aromatic carbocycles. The first-order valence-corrected chi connectivity index (χ1v) is 5.86. The number of para-hydroxylation sites is 1. The van der Waals surface area contributed by atoms with Gasteiger partial charge in [-0.1, -0.05) is 18.2 Å². The van der Waals surface area contributed by atoms with Crippen LogP contribution in [0.5, 0.6) is 0 Å². The molecule has 3 aromatic rings. The van der Waals surface area contributed by atoms with Gasteiger partial charge in [0.2, 0.25) is 0 Å². The summed E-state index contributed by atoms with van der Waals surface area (Å²) in [6, 6.07) is 10.5. The number of H-pyrrole nitrogens is 1. The van der Waals surface area contributed by atoms with Crippen molar-refractivity contribution in [3.05, 3.63) is 41.7 Å². The van der Waals surface area contributed by atoms with Gasteiger partial charge in [-0.3, -0.25) is 4.98 Å². The first-order valence-electron chi connectivity index (χ1n) is 5.86. The van der Waals surface area contributed by atoms with Gasteiger partial charge in [0.15, 0.2) is 0 Å². The number of aryl methyl sites for hydroxylation is 1. The van der Waals surface area contributed by atoms with E-state index in [9.17, 15) is 0 Å². The topological polar surface area (TPSA) is 54.7 Å². The Morgan fingerprint density at radius 2 is 2.06 bits per heavy atom. The summed E-state index contributed by atoms with van der Waals surface area (Å²) in [5, 5.41) is 2.50. The maximum atomic E-state index is 5.64. The van der Waals surface area contributed by atoms with Crippen LogP contribution in [0.15, 0.2) is 30.3 Å². The lowest BCUT2D eigenvalue weighted by atomic mass is 10.1. The van der Waals surface area contributed by atoms with Crippen molar-refractivity contribution in [2.45, 2.75) is 13.3 Å². The zero-order chi connectivity index (χ0) is 11.8. The third kappa shape index (κ3) is 1.59. The minimum Gasteiger partial charge on any atom is -0.353 e. The van der Waals surface area contributed by atoms with Crippen molar-refractivity contribution in [3.63, 3.8) is 0 Å². The van der Waals surface area contributed by atoms with Gasteiger partial charge in [-0.05, 0) is 25.6 Å². The van der Waals surface area contributed by atoms with Crippen LogP contribution in [0, 0.1) is 6.92 Å². The minimum absolute atomic E-state index is 0.626. The van der Waals surface area contributed by atoms with E-state index in [-0.39, 0.29) is 0 Å². The fourth-order valence-electron chi connectivity index (χ4n) is 2.37. The quantitative estimate of drug-likeness (QED) is 0.704. The highest BCUT2D eigenvalue weighted by atomic mass is 14.8. The predicted molar refractivity (Wildman–Crippen MR) is 71.1 cm³/mol. The summed E-state index contributed by atoms with van der Waals surface area (Å²) in [4.78, 5) is 8.02. The summed E-state index contributed by atoms with van der Waals surface area (Å²) in [6.07, 6.45) is 0.811. The Bertz CT molecular complexity index is 682. The van der Waals surface area contributed by atoms with Crippen molar-refractivity contribution in [1.29, 1.82) is 0 Å². The summed E-state index contributed by atoms with van der Waals surface area (Å²) < 4.78 is 0. The van der Waals surface area contributed by atoms with Crippen LogP contribution in [0.4, 0.5) is 0 Å². The van der Waals surface area contributed by atoms with Gasteiger partial charge >= 0.3 is 0 Å². The molecule has 0 atom stereocenters. The molecule has 0 aliphatic carbocycles. The monoisotopic (exact) mass is 225 g/mol. The molecule has 86 valence electrons. The zero-order valence-corrected chi connectivity index (χ0v) is 9.83. The van der Waals surface area contributed by atoms with Crippen molar-refractivity contribution in [1.82, 2.24) is 9.97 Å². The third-order valence-corrected chi connectivity index (χ3v) is 3.08. The number of rotatable bonds is 2. The smallest absolute Gasteiger partial charge is 0.0684 e. The van der Waals surface area contributed by atoms with Crippen LogP contribution >= 0.6 is 0 Å². The molecular formula is C14H15N3. The number of benzene rings is 1. The zero-order valence-electron chi connectivity index (χ0n) is 9.83. The number of nitrogens with one attached hydrogen (secondary N) is 1. The lowest BCUT2D eigenvalue weighted by molar-refractivity contribution is 0.922. The summed E-state index contributed by atoms with van der Waals surface area (Å²) in [7, 11) is 0. The van der Waals surface area contributed by atoms with Gasteiger partial charge in [-0.25, -0.2) is 0 Å². The molecular weight excluding hydrogens is 210 g/mol. The molecule has 0 unspecified atom stereocenters. The largest absolute Gasteiger partial charge is 0.353 e. The first-order chi connectivity index (χ1) is 8.29. The van der Waals surface area contributed by atoms with Crippen molar-refractivity contribution < 1.29 is 0 Å². The molecule has 0 saturated heterocycles. The standard InChI is InChI=1S/C14H15N3/c1-9-8-11-10-4-2-3-5-12(10)17-14(11)13(16-9)6-7-15/h2-5,8,17H,6-7,15H2,1H3. The predicted octanol–water partition coefficient (Wildman–Crippen LogP) is 2.53. The summed E-state index contributed by atoms with van der Waals surface area (Å²) in [6.45, 7) is 2.65. The van der Waals surface area contributed by atoms with E-state index in [4.69, 9.17) is 5.73 Å². The van der Waals surface area contributed by atoms with Crippen LogP contribution in [0.25, 0.3) is 21.8 Å². The minimum atomic E-state index is 0.626. The van der Waals surface area contributed by atoms with Gasteiger partial charge in [-0.15, -0.1) is 0 Å². The van der Waals surface area contributed by atoms with Gasteiger partial charge in [-0.2, -0.15) is 0 Å². The SMILES string of the molecule is Cc1cc2c([nH]c3ccccc32)c(CCN)n1. The fraction of sp³-hybridized carbons (Fsp3) is 0.214. The Hall–Kier alpha value is -1.87. The van der Waals surface area contributed by atoms with Crippen LogP contribution in [-0.2, 0) is 6.42 Å². The molecule has 0 aliphatic heterocycles.